The summed E-state index contributed by atoms with van der Waals surface area (Å²) in [6.07, 6.45) is 9.85. The Balaban J connectivity index is 1.15. The summed E-state index contributed by atoms with van der Waals surface area (Å²) >= 11 is 1.56. The fourth-order valence-electron chi connectivity index (χ4n) is 4.72. The SMILES string of the molecule is COc1ccc2nccc(C(O)CN3CCCC(CNCN4C=c5cnsc5=CC4)C3)c2n1. The Kier molecular flexibility index (Phi) is 6.82. The fourth-order valence-corrected chi connectivity index (χ4v) is 5.36. The highest BCUT2D eigenvalue weighted by atomic mass is 32.1. The molecule has 174 valence electrons. The van der Waals surface area contributed by atoms with Gasteiger partial charge in [-0.15, -0.1) is 0 Å². The van der Waals surface area contributed by atoms with Crippen LogP contribution in [0.4, 0.5) is 0 Å². The molecule has 33 heavy (non-hydrogen) atoms. The van der Waals surface area contributed by atoms with Gasteiger partial charge in [-0.05, 0) is 55.0 Å². The highest BCUT2D eigenvalue weighted by molar-refractivity contribution is 7.03. The van der Waals surface area contributed by atoms with Gasteiger partial charge in [0.1, 0.15) is 0 Å². The summed E-state index contributed by atoms with van der Waals surface area (Å²) in [7, 11) is 1.60. The predicted molar refractivity (Wildman–Crippen MR) is 130 cm³/mol. The van der Waals surface area contributed by atoms with E-state index in [1.807, 2.05) is 18.3 Å². The molecule has 5 rings (SSSR count). The van der Waals surface area contributed by atoms with Gasteiger partial charge in [0.05, 0.1) is 35.4 Å². The van der Waals surface area contributed by atoms with Crippen LogP contribution in [0.5, 0.6) is 5.88 Å². The van der Waals surface area contributed by atoms with Crippen LogP contribution in [0, 0.1) is 5.92 Å². The van der Waals surface area contributed by atoms with Gasteiger partial charge in [-0.25, -0.2) is 4.98 Å². The second kappa shape index (κ2) is 10.1. The van der Waals surface area contributed by atoms with Gasteiger partial charge in [0.25, 0.3) is 0 Å². The lowest BCUT2D eigenvalue weighted by molar-refractivity contribution is 0.0843. The summed E-state index contributed by atoms with van der Waals surface area (Å²) in [6.45, 7) is 5.32. The van der Waals surface area contributed by atoms with Crippen LogP contribution in [-0.4, -0.2) is 75.8 Å². The lowest BCUT2D eigenvalue weighted by atomic mass is 9.97. The van der Waals surface area contributed by atoms with Crippen molar-refractivity contribution in [2.75, 3.05) is 46.5 Å². The Labute approximate surface area is 197 Å². The fraction of sp³-hybridized carbons (Fsp3) is 0.458. The zero-order valence-corrected chi connectivity index (χ0v) is 19.7. The molecule has 0 bridgehead atoms. The van der Waals surface area contributed by atoms with Crippen LogP contribution in [-0.2, 0) is 0 Å². The maximum Gasteiger partial charge on any atom is 0.213 e. The molecule has 0 amide bonds. The summed E-state index contributed by atoms with van der Waals surface area (Å²) in [5, 5.41) is 15.9. The van der Waals surface area contributed by atoms with E-state index in [9.17, 15) is 5.11 Å². The van der Waals surface area contributed by atoms with Gasteiger partial charge >= 0.3 is 0 Å². The van der Waals surface area contributed by atoms with Gasteiger partial charge < -0.3 is 19.6 Å². The number of pyridine rings is 2. The number of fused-ring (bicyclic) bond motifs is 2. The van der Waals surface area contributed by atoms with E-state index >= 15 is 0 Å². The first-order chi connectivity index (χ1) is 16.2. The Bertz CT molecular complexity index is 1220. The number of nitrogens with one attached hydrogen (secondary N) is 1. The van der Waals surface area contributed by atoms with Crippen LogP contribution in [0.1, 0.15) is 24.5 Å². The highest BCUT2D eigenvalue weighted by Gasteiger charge is 2.23. The summed E-state index contributed by atoms with van der Waals surface area (Å²) in [6, 6.07) is 5.54. The van der Waals surface area contributed by atoms with E-state index in [4.69, 9.17) is 4.74 Å². The second-order valence-electron chi connectivity index (χ2n) is 8.77. The van der Waals surface area contributed by atoms with Gasteiger partial charge in [0.2, 0.25) is 5.88 Å². The first-order valence-electron chi connectivity index (χ1n) is 11.5. The molecule has 2 atom stereocenters. The molecule has 0 aromatic carbocycles. The average molecular weight is 467 g/mol. The van der Waals surface area contributed by atoms with Crippen molar-refractivity contribution in [2.24, 2.45) is 5.92 Å². The Hall–Kier alpha value is -2.59. The van der Waals surface area contributed by atoms with Crippen molar-refractivity contribution in [1.29, 1.82) is 0 Å². The lowest BCUT2D eigenvalue weighted by Gasteiger charge is -2.34. The van der Waals surface area contributed by atoms with E-state index in [0.717, 1.165) is 50.3 Å². The third-order valence-electron chi connectivity index (χ3n) is 6.40. The molecule has 3 aromatic heterocycles. The molecule has 2 aliphatic heterocycles. The zero-order chi connectivity index (χ0) is 22.6. The summed E-state index contributed by atoms with van der Waals surface area (Å²) in [4.78, 5) is 13.6. The largest absolute Gasteiger partial charge is 0.481 e. The molecule has 8 nitrogen and oxygen atoms in total. The van der Waals surface area contributed by atoms with Gasteiger partial charge in [0.15, 0.2) is 0 Å². The van der Waals surface area contributed by atoms with Crippen LogP contribution in [0.15, 0.2) is 30.6 Å². The monoisotopic (exact) mass is 466 g/mol. The molecule has 3 aromatic rings. The van der Waals surface area contributed by atoms with E-state index in [2.05, 4.69) is 41.7 Å². The minimum Gasteiger partial charge on any atom is -0.481 e. The Morgan fingerprint density at radius 3 is 3.18 bits per heavy atom. The van der Waals surface area contributed by atoms with E-state index in [1.165, 1.54) is 16.2 Å². The number of hydrogen-bond donors (Lipinski definition) is 2. The van der Waals surface area contributed by atoms with Gasteiger partial charge in [0, 0.05) is 61.6 Å². The number of aromatic nitrogens is 3. The quantitative estimate of drug-likeness (QED) is 0.507. The number of ether oxygens (including phenoxy) is 1. The van der Waals surface area contributed by atoms with Crippen molar-refractivity contribution in [3.63, 3.8) is 0 Å². The molecule has 1 saturated heterocycles. The molecule has 2 N–H and O–H groups in total. The minimum absolute atomic E-state index is 0.531. The number of methoxy groups -OCH3 is 1. The highest BCUT2D eigenvalue weighted by Crippen LogP contribution is 2.25. The number of hydrogen-bond acceptors (Lipinski definition) is 9. The zero-order valence-electron chi connectivity index (χ0n) is 18.9. The predicted octanol–water partition coefficient (Wildman–Crippen LogP) is 0.922. The Morgan fingerprint density at radius 1 is 1.33 bits per heavy atom. The number of nitrogens with zero attached hydrogens (tertiary/aromatic N) is 5. The first kappa shape index (κ1) is 22.2. The van der Waals surface area contributed by atoms with Crippen LogP contribution >= 0.6 is 11.5 Å². The number of piperidine rings is 1. The van der Waals surface area contributed by atoms with Crippen LogP contribution in [0.25, 0.3) is 23.3 Å². The number of likely N-dealkylation sites (tertiary alicyclic amines) is 1. The van der Waals surface area contributed by atoms with Gasteiger partial charge in [-0.3, -0.25) is 10.3 Å². The summed E-state index contributed by atoms with van der Waals surface area (Å²) in [5.74, 6) is 1.11. The van der Waals surface area contributed by atoms with Crippen molar-refractivity contribution in [3.05, 3.63) is 45.9 Å². The molecule has 2 unspecified atom stereocenters. The molecule has 1 fully saturated rings. The molecular formula is C24H30N6O2S. The molecule has 0 saturated carbocycles. The maximum absolute atomic E-state index is 11.0. The average Bonchev–Trinajstić information content (AvgIpc) is 3.31. The number of β-amino-alcohol motifs (C(OH)–C–C–N with tert-alkyl or cyclic N) is 1. The van der Waals surface area contributed by atoms with E-state index in [0.29, 0.717) is 23.9 Å². The van der Waals surface area contributed by atoms with Crippen LogP contribution < -0.4 is 19.8 Å². The standard InChI is InChI=1S/C24H30N6O2S/c1-32-23-5-4-20-24(28-23)19(6-8-26-20)21(31)15-29-9-2-3-17(13-29)11-25-16-30-10-7-22-18(14-30)12-27-33-22/h4-8,12,14,17,21,25,31H,2-3,9-11,13,15-16H2,1H3. The third kappa shape index (κ3) is 5.16. The van der Waals surface area contributed by atoms with E-state index < -0.39 is 6.10 Å². The van der Waals surface area contributed by atoms with Gasteiger partial charge in [-0.1, -0.05) is 0 Å². The van der Waals surface area contributed by atoms with Crippen molar-refractivity contribution in [1.82, 2.24) is 29.5 Å². The molecule has 0 radical (unpaired) electrons. The number of aliphatic hydroxyl groups excluding tert-OH is 1. The smallest absolute Gasteiger partial charge is 0.213 e. The van der Waals surface area contributed by atoms with Crippen LogP contribution in [0.2, 0.25) is 0 Å². The molecule has 0 aliphatic carbocycles. The Morgan fingerprint density at radius 2 is 2.27 bits per heavy atom. The lowest BCUT2D eigenvalue weighted by Crippen LogP contribution is -2.43. The molecular weight excluding hydrogens is 436 g/mol. The molecule has 0 spiro atoms. The minimum atomic E-state index is -0.617. The molecule has 5 heterocycles. The van der Waals surface area contributed by atoms with Crippen molar-refractivity contribution in [3.8, 4) is 5.88 Å². The summed E-state index contributed by atoms with van der Waals surface area (Å²) < 4.78 is 10.8. The second-order valence-corrected chi connectivity index (χ2v) is 9.60. The van der Waals surface area contributed by atoms with Crippen LogP contribution in [0.3, 0.4) is 0 Å². The molecule has 9 heteroatoms. The number of rotatable bonds is 8. The van der Waals surface area contributed by atoms with Crippen molar-refractivity contribution >= 4 is 34.8 Å². The summed E-state index contributed by atoms with van der Waals surface area (Å²) in [5.41, 5.74) is 2.28. The first-order valence-corrected chi connectivity index (χ1v) is 12.2. The normalized spacial score (nSPS) is 19.6. The van der Waals surface area contributed by atoms with Crippen molar-refractivity contribution in [2.45, 2.75) is 18.9 Å². The maximum atomic E-state index is 11.0. The van der Waals surface area contributed by atoms with Gasteiger partial charge in [-0.2, -0.15) is 4.37 Å². The topological polar surface area (TPSA) is 86.6 Å². The third-order valence-corrected chi connectivity index (χ3v) is 7.21. The van der Waals surface area contributed by atoms with E-state index in [1.54, 1.807) is 30.9 Å². The van der Waals surface area contributed by atoms with E-state index in [-0.39, 0.29) is 0 Å². The van der Waals surface area contributed by atoms with Crippen molar-refractivity contribution < 1.29 is 9.84 Å². The number of aliphatic hydroxyl groups is 1. The molecule has 2 aliphatic rings.